The predicted octanol–water partition coefficient (Wildman–Crippen LogP) is 3.78. The zero-order chi connectivity index (χ0) is 9.26. The topological polar surface area (TPSA) is 4.93 Å². The average molecular weight is 212 g/mol. The van der Waals surface area contributed by atoms with Crippen LogP contribution in [0.1, 0.15) is 0 Å². The minimum Gasteiger partial charge on any atom is -0.324 e. The van der Waals surface area contributed by atoms with Crippen LogP contribution in [0.3, 0.4) is 0 Å². The third-order valence-electron chi connectivity index (χ3n) is 1.75. The van der Waals surface area contributed by atoms with Gasteiger partial charge < -0.3 is 4.57 Å². The summed E-state index contributed by atoms with van der Waals surface area (Å²) < 4.78 is 1.96. The number of rotatable bonds is 1. The van der Waals surface area contributed by atoms with Gasteiger partial charge in [-0.1, -0.05) is 23.2 Å². The lowest BCUT2D eigenvalue weighted by atomic mass is 10.3. The minimum atomic E-state index is 0.649. The van der Waals surface area contributed by atoms with Crippen LogP contribution in [0.4, 0.5) is 0 Å². The second-order valence-electron chi connectivity index (χ2n) is 2.72. The summed E-state index contributed by atoms with van der Waals surface area (Å²) in [6.45, 7) is 0. The molecule has 0 saturated heterocycles. The molecule has 1 aromatic heterocycles. The van der Waals surface area contributed by atoms with Gasteiger partial charge in [-0.25, -0.2) is 0 Å². The van der Waals surface area contributed by atoms with Gasteiger partial charge in [-0.2, -0.15) is 0 Å². The SMILES string of the molecule is Clc1cc(Cl)cc(-n2cccc2)c1. The molecular weight excluding hydrogens is 205 g/mol. The molecule has 13 heavy (non-hydrogen) atoms. The molecule has 0 spiro atoms. The van der Waals surface area contributed by atoms with Crippen molar-refractivity contribution in [1.29, 1.82) is 0 Å². The van der Waals surface area contributed by atoms with Crippen molar-refractivity contribution < 1.29 is 0 Å². The molecule has 0 N–H and O–H groups in total. The minimum absolute atomic E-state index is 0.649. The molecular formula is C10H7Cl2N. The summed E-state index contributed by atoms with van der Waals surface area (Å²) in [6.07, 6.45) is 3.89. The molecule has 66 valence electrons. The Morgan fingerprint density at radius 2 is 1.38 bits per heavy atom. The maximum absolute atomic E-state index is 5.87. The molecule has 0 amide bonds. The average Bonchev–Trinajstić information content (AvgIpc) is 2.53. The van der Waals surface area contributed by atoms with E-state index in [0.29, 0.717) is 10.0 Å². The second kappa shape index (κ2) is 3.44. The van der Waals surface area contributed by atoms with Gasteiger partial charge in [-0.05, 0) is 30.3 Å². The lowest BCUT2D eigenvalue weighted by Gasteiger charge is -2.03. The van der Waals surface area contributed by atoms with Crippen LogP contribution in [-0.2, 0) is 0 Å². The summed E-state index contributed by atoms with van der Waals surface area (Å²) in [5.74, 6) is 0. The highest BCUT2D eigenvalue weighted by atomic mass is 35.5. The predicted molar refractivity (Wildman–Crippen MR) is 55.8 cm³/mol. The third-order valence-corrected chi connectivity index (χ3v) is 2.19. The fraction of sp³-hybridized carbons (Fsp3) is 0. The summed E-state index contributed by atoms with van der Waals surface area (Å²) in [4.78, 5) is 0. The van der Waals surface area contributed by atoms with Crippen molar-refractivity contribution >= 4 is 23.2 Å². The number of benzene rings is 1. The normalized spacial score (nSPS) is 10.3. The highest BCUT2D eigenvalue weighted by Crippen LogP contribution is 2.21. The first kappa shape index (κ1) is 8.67. The van der Waals surface area contributed by atoms with E-state index in [1.165, 1.54) is 0 Å². The quantitative estimate of drug-likeness (QED) is 0.677. The van der Waals surface area contributed by atoms with Crippen molar-refractivity contribution in [1.82, 2.24) is 4.57 Å². The molecule has 0 aliphatic heterocycles. The first-order valence-corrected chi connectivity index (χ1v) is 4.61. The van der Waals surface area contributed by atoms with Crippen molar-refractivity contribution in [2.45, 2.75) is 0 Å². The van der Waals surface area contributed by atoms with E-state index in [0.717, 1.165) is 5.69 Å². The van der Waals surface area contributed by atoms with Gasteiger partial charge in [-0.15, -0.1) is 0 Å². The van der Waals surface area contributed by atoms with E-state index >= 15 is 0 Å². The number of halogens is 2. The van der Waals surface area contributed by atoms with Crippen LogP contribution in [0.2, 0.25) is 10.0 Å². The van der Waals surface area contributed by atoms with Gasteiger partial charge in [0.2, 0.25) is 0 Å². The molecule has 1 aromatic carbocycles. The molecule has 0 aliphatic carbocycles. The molecule has 0 saturated carbocycles. The highest BCUT2D eigenvalue weighted by molar-refractivity contribution is 6.34. The monoisotopic (exact) mass is 211 g/mol. The van der Waals surface area contributed by atoms with Gasteiger partial charge in [0, 0.05) is 28.1 Å². The van der Waals surface area contributed by atoms with Gasteiger partial charge in [-0.3, -0.25) is 0 Å². The lowest BCUT2D eigenvalue weighted by molar-refractivity contribution is 1.08. The van der Waals surface area contributed by atoms with E-state index in [1.807, 2.05) is 41.2 Å². The molecule has 0 fully saturated rings. The van der Waals surface area contributed by atoms with E-state index in [4.69, 9.17) is 23.2 Å². The van der Waals surface area contributed by atoms with Crippen LogP contribution >= 0.6 is 23.2 Å². The van der Waals surface area contributed by atoms with Crippen LogP contribution < -0.4 is 0 Å². The first-order valence-electron chi connectivity index (χ1n) is 3.85. The molecule has 1 heterocycles. The summed E-state index contributed by atoms with van der Waals surface area (Å²) in [5, 5.41) is 1.30. The third kappa shape index (κ3) is 1.87. The summed E-state index contributed by atoms with van der Waals surface area (Å²) in [5.41, 5.74) is 0.975. The van der Waals surface area contributed by atoms with Crippen molar-refractivity contribution in [2.75, 3.05) is 0 Å². The Labute approximate surface area is 86.5 Å². The van der Waals surface area contributed by atoms with Crippen LogP contribution in [0.25, 0.3) is 5.69 Å². The molecule has 0 aliphatic rings. The maximum atomic E-state index is 5.87. The maximum Gasteiger partial charge on any atom is 0.0478 e. The summed E-state index contributed by atoms with van der Waals surface area (Å²) in [6, 6.07) is 9.36. The molecule has 0 unspecified atom stereocenters. The fourth-order valence-corrected chi connectivity index (χ4v) is 1.71. The second-order valence-corrected chi connectivity index (χ2v) is 3.59. The van der Waals surface area contributed by atoms with Gasteiger partial charge in [0.15, 0.2) is 0 Å². The number of aromatic nitrogens is 1. The van der Waals surface area contributed by atoms with Crippen molar-refractivity contribution in [3.63, 3.8) is 0 Å². The molecule has 3 heteroatoms. The fourth-order valence-electron chi connectivity index (χ4n) is 1.19. The van der Waals surface area contributed by atoms with Gasteiger partial charge >= 0.3 is 0 Å². The Kier molecular flexibility index (Phi) is 2.30. The van der Waals surface area contributed by atoms with E-state index in [-0.39, 0.29) is 0 Å². The molecule has 0 radical (unpaired) electrons. The van der Waals surface area contributed by atoms with Crippen molar-refractivity contribution in [3.05, 3.63) is 52.8 Å². The molecule has 2 rings (SSSR count). The number of nitrogens with zero attached hydrogens (tertiary/aromatic N) is 1. The zero-order valence-corrected chi connectivity index (χ0v) is 8.26. The van der Waals surface area contributed by atoms with Crippen LogP contribution in [0.15, 0.2) is 42.7 Å². The Morgan fingerprint density at radius 3 is 1.92 bits per heavy atom. The number of hydrogen-bond donors (Lipinski definition) is 0. The van der Waals surface area contributed by atoms with E-state index < -0.39 is 0 Å². The van der Waals surface area contributed by atoms with Gasteiger partial charge in [0.25, 0.3) is 0 Å². The number of hydrogen-bond acceptors (Lipinski definition) is 0. The Balaban J connectivity index is 2.53. The van der Waals surface area contributed by atoms with Gasteiger partial charge in [0.1, 0.15) is 0 Å². The molecule has 1 nitrogen and oxygen atoms in total. The first-order chi connectivity index (χ1) is 6.25. The van der Waals surface area contributed by atoms with Crippen LogP contribution in [0, 0.1) is 0 Å². The van der Waals surface area contributed by atoms with Crippen molar-refractivity contribution in [3.8, 4) is 5.69 Å². The molecule has 0 bridgehead atoms. The standard InChI is InChI=1S/C10H7Cl2N/c11-8-5-9(12)7-10(6-8)13-3-1-2-4-13/h1-7H. The van der Waals surface area contributed by atoms with Crippen LogP contribution in [-0.4, -0.2) is 4.57 Å². The Hall–Kier alpha value is -0.920. The van der Waals surface area contributed by atoms with Crippen molar-refractivity contribution in [2.24, 2.45) is 0 Å². The summed E-state index contributed by atoms with van der Waals surface area (Å²) in [7, 11) is 0. The van der Waals surface area contributed by atoms with Crippen LogP contribution in [0.5, 0.6) is 0 Å². The lowest BCUT2D eigenvalue weighted by Crippen LogP contribution is -1.88. The Bertz CT molecular complexity index is 387. The molecule has 0 atom stereocenters. The highest BCUT2D eigenvalue weighted by Gasteiger charge is 1.98. The zero-order valence-electron chi connectivity index (χ0n) is 6.74. The van der Waals surface area contributed by atoms with Gasteiger partial charge in [0.05, 0.1) is 0 Å². The Morgan fingerprint density at radius 1 is 0.846 bits per heavy atom. The summed E-state index contributed by atoms with van der Waals surface area (Å²) >= 11 is 11.7. The molecule has 2 aromatic rings. The smallest absolute Gasteiger partial charge is 0.0478 e. The van der Waals surface area contributed by atoms with E-state index in [9.17, 15) is 0 Å². The van der Waals surface area contributed by atoms with E-state index in [1.54, 1.807) is 6.07 Å². The van der Waals surface area contributed by atoms with E-state index in [2.05, 4.69) is 0 Å². The largest absolute Gasteiger partial charge is 0.324 e.